The van der Waals surface area contributed by atoms with Crippen LogP contribution in [0.2, 0.25) is 5.02 Å². The molecule has 3 aromatic heterocycles. The number of nitrogens with zero attached hydrogens (tertiary/aromatic N) is 6. The molecule has 1 aliphatic rings. The molecule has 1 aliphatic carbocycles. The van der Waals surface area contributed by atoms with Crippen LogP contribution in [0.3, 0.4) is 0 Å². The summed E-state index contributed by atoms with van der Waals surface area (Å²) in [5.41, 5.74) is -4.74. The molecule has 2 aromatic carbocycles. The summed E-state index contributed by atoms with van der Waals surface area (Å²) in [5.74, 6) is -3.16. The van der Waals surface area contributed by atoms with E-state index in [2.05, 4.69) is 32.3 Å². The summed E-state index contributed by atoms with van der Waals surface area (Å²) in [4.78, 5) is 32.2. The fourth-order valence-electron chi connectivity index (χ4n) is 7.66. The van der Waals surface area contributed by atoms with Crippen LogP contribution >= 0.6 is 35.4 Å². The first-order valence-electron chi connectivity index (χ1n) is 20.4. The SMILES string of the molecule is CSC(C)(C)C#Cc1ccc(-c2ccc(Cl)c3c(N(C(=O)OCCCSO)[S+](C)[O-])nn(CC(F)(F)F)c23)c(C(Cc2cc(F)cc(F)c2)NC(=O)Cn2nc(C(F)(F)F)c3c2C(F)(F)C[C@@H]3C)n1. The van der Waals surface area contributed by atoms with Crippen molar-refractivity contribution < 1.29 is 67.3 Å². The standard InChI is InChI=1S/C43H40ClF10N7O5S3/c1-22-19-41(47,48)37-32(22)36(43(52,53)54)57-59(37)20-31(62)56-30(17-23-15-24(45)18-25(46)16-23)34-27(8-7-26(55-34)11-12-40(2,3)67-4)28-9-10-29(44)33-35(28)60(21-42(49,50)51)58-38(33)61(69(5)65)39(63)66-13-6-14-68-64/h7-10,15-16,18,22,30,64H,6,13-14,17,19-21H2,1-5H3,(H,56,62)/t22-,30?,69?/m0/s1. The number of carbonyl (C=O) groups is 2. The average molecular weight is 1060 g/mol. The molecule has 26 heteroatoms. The second kappa shape index (κ2) is 20.8. The van der Waals surface area contributed by atoms with Gasteiger partial charge in [0.25, 0.3) is 5.92 Å². The summed E-state index contributed by atoms with van der Waals surface area (Å²) in [6.45, 7) is 1.33. The Morgan fingerprint density at radius 3 is 2.35 bits per heavy atom. The van der Waals surface area contributed by atoms with Crippen LogP contribution in [0.4, 0.5) is 54.5 Å². The predicted molar refractivity (Wildman–Crippen MR) is 241 cm³/mol. The second-order valence-electron chi connectivity index (χ2n) is 16.2. The van der Waals surface area contributed by atoms with E-state index in [9.17, 15) is 49.3 Å². The number of anilines is 1. The Morgan fingerprint density at radius 1 is 1.07 bits per heavy atom. The van der Waals surface area contributed by atoms with E-state index in [1.807, 2.05) is 0 Å². The third kappa shape index (κ3) is 12.4. The topological polar surface area (TPSA) is 150 Å². The van der Waals surface area contributed by atoms with Gasteiger partial charge in [-0.2, -0.15) is 40.2 Å². The zero-order valence-electron chi connectivity index (χ0n) is 36.8. The molecule has 2 N–H and O–H groups in total. The minimum absolute atomic E-state index is 0.0153. The Morgan fingerprint density at radius 2 is 1.74 bits per heavy atom. The largest absolute Gasteiger partial charge is 0.593 e. The number of alkyl halides is 8. The molecule has 3 atom stereocenters. The maximum Gasteiger partial charge on any atom is 0.458 e. The molecule has 2 unspecified atom stereocenters. The lowest BCUT2D eigenvalue weighted by Crippen LogP contribution is -2.37. The van der Waals surface area contributed by atoms with E-state index in [0.29, 0.717) is 27.1 Å². The number of ether oxygens (including phenoxy) is 1. The quantitative estimate of drug-likeness (QED) is 0.0341. The lowest BCUT2D eigenvalue weighted by molar-refractivity contribution is -0.143. The molecule has 6 rings (SSSR count). The first-order chi connectivity index (χ1) is 32.1. The number of hydrogen-bond acceptors (Lipinski definition) is 10. The van der Waals surface area contributed by atoms with Crippen LogP contribution in [0, 0.1) is 23.5 Å². The van der Waals surface area contributed by atoms with E-state index in [0.717, 1.165) is 25.3 Å². The summed E-state index contributed by atoms with van der Waals surface area (Å²) in [6, 6.07) is 5.81. The highest BCUT2D eigenvalue weighted by Gasteiger charge is 2.53. The summed E-state index contributed by atoms with van der Waals surface area (Å²) in [6.07, 6.45) is -10.2. The van der Waals surface area contributed by atoms with Gasteiger partial charge in [0.15, 0.2) is 5.69 Å². The smallest absolute Gasteiger partial charge is 0.458 e. The van der Waals surface area contributed by atoms with Gasteiger partial charge in [0, 0.05) is 34.9 Å². The zero-order valence-corrected chi connectivity index (χ0v) is 40.0. The number of rotatable bonds is 15. The van der Waals surface area contributed by atoms with Crippen LogP contribution in [0.25, 0.3) is 22.0 Å². The van der Waals surface area contributed by atoms with E-state index in [1.54, 1.807) is 20.1 Å². The molecule has 5 aromatic rings. The van der Waals surface area contributed by atoms with Crippen molar-refractivity contribution >= 4 is 75.5 Å². The molecule has 0 saturated carbocycles. The maximum absolute atomic E-state index is 15.4. The van der Waals surface area contributed by atoms with Crippen molar-refractivity contribution in [2.75, 3.05) is 29.2 Å². The maximum atomic E-state index is 15.4. The van der Waals surface area contributed by atoms with Crippen LogP contribution in [-0.2, 0) is 52.5 Å². The van der Waals surface area contributed by atoms with Gasteiger partial charge in [-0.05, 0) is 92.7 Å². The lowest BCUT2D eigenvalue weighted by atomic mass is 9.93. The normalized spacial score (nSPS) is 15.7. The minimum atomic E-state index is -5.19. The predicted octanol–water partition coefficient (Wildman–Crippen LogP) is 10.8. The van der Waals surface area contributed by atoms with Crippen LogP contribution < -0.4 is 9.62 Å². The minimum Gasteiger partial charge on any atom is -0.593 e. The van der Waals surface area contributed by atoms with E-state index in [4.69, 9.17) is 20.9 Å². The fourth-order valence-corrected chi connectivity index (χ4v) is 8.93. The van der Waals surface area contributed by atoms with Crippen LogP contribution in [-0.4, -0.2) is 81.4 Å². The molecular formula is C43H40ClF10N7O5S3. The molecule has 0 spiro atoms. The molecule has 0 fully saturated rings. The van der Waals surface area contributed by atoms with Gasteiger partial charge in [-0.15, -0.1) is 16.9 Å². The molecule has 2 amide bonds. The molecule has 12 nitrogen and oxygen atoms in total. The van der Waals surface area contributed by atoms with Gasteiger partial charge in [0.05, 0.1) is 50.4 Å². The van der Waals surface area contributed by atoms with Crippen molar-refractivity contribution in [3.63, 3.8) is 0 Å². The Kier molecular flexibility index (Phi) is 16.2. The molecule has 0 saturated heterocycles. The summed E-state index contributed by atoms with van der Waals surface area (Å²) >= 11 is 6.12. The number of pyridine rings is 1. The zero-order chi connectivity index (χ0) is 51.0. The highest BCUT2D eigenvalue weighted by atomic mass is 35.5. The Bertz CT molecular complexity index is 2790. The number of amides is 2. The van der Waals surface area contributed by atoms with Crippen LogP contribution in [0.5, 0.6) is 0 Å². The van der Waals surface area contributed by atoms with Gasteiger partial charge in [-0.3, -0.25) is 14.2 Å². The third-order valence-electron chi connectivity index (χ3n) is 10.6. The van der Waals surface area contributed by atoms with E-state index < -0.39 is 124 Å². The first-order valence-corrected chi connectivity index (χ1v) is 24.4. The molecular weight excluding hydrogens is 1020 g/mol. The van der Waals surface area contributed by atoms with Gasteiger partial charge in [0.2, 0.25) is 11.7 Å². The average Bonchev–Trinajstić information content (AvgIpc) is 3.88. The van der Waals surface area contributed by atoms with Crippen LogP contribution in [0.1, 0.15) is 79.5 Å². The van der Waals surface area contributed by atoms with Gasteiger partial charge < -0.3 is 19.2 Å². The van der Waals surface area contributed by atoms with Crippen molar-refractivity contribution in [3.05, 3.63) is 93.0 Å². The highest BCUT2D eigenvalue weighted by Crippen LogP contribution is 2.52. The number of carbonyl (C=O) groups excluding carboxylic acids is 2. The van der Waals surface area contributed by atoms with Crippen molar-refractivity contribution in [2.45, 2.75) is 88.1 Å². The van der Waals surface area contributed by atoms with E-state index >= 15 is 8.78 Å². The number of hydrogen-bond donors (Lipinski definition) is 2. The molecule has 0 bridgehead atoms. The van der Waals surface area contributed by atoms with Gasteiger partial charge in [-0.25, -0.2) is 18.6 Å². The molecule has 372 valence electrons. The lowest BCUT2D eigenvalue weighted by Gasteiger charge is -2.23. The third-order valence-corrected chi connectivity index (χ3v) is 13.3. The van der Waals surface area contributed by atoms with Gasteiger partial charge in [0.1, 0.15) is 42.4 Å². The van der Waals surface area contributed by atoms with Gasteiger partial charge in [-0.1, -0.05) is 34.8 Å². The molecule has 3 heterocycles. The number of halogens is 11. The first kappa shape index (κ1) is 53.5. The molecule has 0 radical (unpaired) electrons. The number of fused-ring (bicyclic) bond motifs is 2. The second-order valence-corrected chi connectivity index (χ2v) is 19.9. The number of thioether (sulfide) groups is 1. The summed E-state index contributed by atoms with van der Waals surface area (Å²) in [7, 11) is 0. The fraction of sp³-hybridized carbons (Fsp3) is 0.419. The molecule has 0 aliphatic heterocycles. The Labute approximate surface area is 404 Å². The monoisotopic (exact) mass is 1060 g/mol. The van der Waals surface area contributed by atoms with Crippen molar-refractivity contribution in [3.8, 4) is 23.0 Å². The Hall–Kier alpha value is -4.87. The van der Waals surface area contributed by atoms with E-state index in [1.165, 1.54) is 36.0 Å². The number of nitrogens with one attached hydrogen (secondary N) is 1. The van der Waals surface area contributed by atoms with Crippen molar-refractivity contribution in [1.29, 1.82) is 0 Å². The number of benzene rings is 2. The van der Waals surface area contributed by atoms with Crippen LogP contribution in [0.15, 0.2) is 42.5 Å². The Balaban J connectivity index is 1.61. The molecule has 69 heavy (non-hydrogen) atoms. The van der Waals surface area contributed by atoms with Crippen molar-refractivity contribution in [1.82, 2.24) is 29.9 Å². The summed E-state index contributed by atoms with van der Waals surface area (Å²) < 4.78 is 174. The summed E-state index contributed by atoms with van der Waals surface area (Å²) in [5, 5.41) is 9.32. The number of aromatic nitrogens is 5. The van der Waals surface area contributed by atoms with Gasteiger partial charge >= 0.3 is 18.4 Å². The highest BCUT2D eigenvalue weighted by molar-refractivity contribution is 8.00. The van der Waals surface area contributed by atoms with Crippen molar-refractivity contribution in [2.24, 2.45) is 0 Å². The van der Waals surface area contributed by atoms with E-state index in [-0.39, 0.29) is 61.9 Å².